The number of anilines is 1. The molecule has 0 radical (unpaired) electrons. The van der Waals surface area contributed by atoms with Gasteiger partial charge in [0.1, 0.15) is 16.5 Å². The number of halogens is 2. The molecule has 1 unspecified atom stereocenters. The van der Waals surface area contributed by atoms with Gasteiger partial charge in [-0.2, -0.15) is 0 Å². The maximum absolute atomic E-state index is 14.2. The van der Waals surface area contributed by atoms with Crippen LogP contribution in [0.4, 0.5) is 9.52 Å². The molecule has 0 saturated carbocycles. The molecule has 0 aliphatic carbocycles. The van der Waals surface area contributed by atoms with Crippen LogP contribution in [0.5, 0.6) is 0 Å². The predicted molar refractivity (Wildman–Crippen MR) is 130 cm³/mol. The van der Waals surface area contributed by atoms with Gasteiger partial charge in [0.25, 0.3) is 5.78 Å². The summed E-state index contributed by atoms with van der Waals surface area (Å²) in [5, 5.41) is 11.6. The second kappa shape index (κ2) is 9.59. The Balaban J connectivity index is 1.92. The van der Waals surface area contributed by atoms with Crippen LogP contribution in [0.2, 0.25) is 5.02 Å². The summed E-state index contributed by atoms with van der Waals surface area (Å²) in [5.41, 5.74) is 0.980. The lowest BCUT2D eigenvalue weighted by Crippen LogP contribution is -2.29. The van der Waals surface area contributed by atoms with Gasteiger partial charge in [0.05, 0.1) is 23.9 Å². The molecule has 1 fully saturated rings. The summed E-state index contributed by atoms with van der Waals surface area (Å²) in [6.07, 6.45) is 0. The van der Waals surface area contributed by atoms with Gasteiger partial charge in [-0.15, -0.1) is 0 Å². The zero-order chi connectivity index (χ0) is 25.4. The smallest absolute Gasteiger partial charge is 0.350 e. The van der Waals surface area contributed by atoms with E-state index in [1.165, 1.54) is 12.1 Å². The van der Waals surface area contributed by atoms with Crippen LogP contribution < -0.4 is 4.90 Å². The van der Waals surface area contributed by atoms with Crippen LogP contribution in [0.3, 0.4) is 0 Å². The maximum Gasteiger partial charge on any atom is 0.350 e. The number of rotatable bonds is 5. The Morgan fingerprint density at radius 2 is 1.89 bits per heavy atom. The molecule has 2 aromatic carbocycles. The quantitative estimate of drug-likeness (QED) is 0.213. The fourth-order valence-corrected chi connectivity index (χ4v) is 4.87. The molecule has 7 nitrogen and oxygen atoms in total. The Bertz CT molecular complexity index is 1380. The topological polar surface area (TPSA) is 96.8 Å². The number of aromatic nitrogens is 1. The molecule has 1 aromatic heterocycles. The molecule has 2 heterocycles. The van der Waals surface area contributed by atoms with Crippen LogP contribution >= 0.6 is 22.9 Å². The van der Waals surface area contributed by atoms with E-state index in [9.17, 15) is 23.9 Å². The number of aliphatic hydroxyl groups excluding tert-OH is 1. The molecule has 0 spiro atoms. The number of carbonyl (C=O) groups excluding carboxylic acids is 3. The van der Waals surface area contributed by atoms with Crippen LogP contribution in [0.25, 0.3) is 5.76 Å². The highest BCUT2D eigenvalue weighted by molar-refractivity contribution is 7.17. The van der Waals surface area contributed by atoms with E-state index in [2.05, 4.69) is 4.98 Å². The number of amides is 1. The lowest BCUT2D eigenvalue weighted by Gasteiger charge is -2.23. The van der Waals surface area contributed by atoms with Gasteiger partial charge in [0, 0.05) is 10.6 Å². The van der Waals surface area contributed by atoms with Gasteiger partial charge in [-0.05, 0) is 50.1 Å². The number of hydrogen-bond donors (Lipinski definition) is 1. The summed E-state index contributed by atoms with van der Waals surface area (Å²) in [6.45, 7) is 4.99. The number of ether oxygens (including phenoxy) is 1. The second-order valence-electron chi connectivity index (χ2n) is 7.82. The SMILES string of the molecule is CCOC(=O)c1sc(N2C(=O)C(=O)/C(=C(\O)c3ccc(C)c(F)c3)C2c2ccc(Cl)cc2)nc1C. The summed E-state index contributed by atoms with van der Waals surface area (Å²) in [7, 11) is 0. The monoisotopic (exact) mass is 514 g/mol. The molecule has 0 bridgehead atoms. The summed E-state index contributed by atoms with van der Waals surface area (Å²) in [4.78, 5) is 44.4. The second-order valence-corrected chi connectivity index (χ2v) is 9.23. The number of hydrogen-bond acceptors (Lipinski definition) is 7. The molecule has 1 saturated heterocycles. The third kappa shape index (κ3) is 4.44. The molecule has 1 amide bonds. The number of esters is 1. The molecule has 4 rings (SSSR count). The van der Waals surface area contributed by atoms with Gasteiger partial charge >= 0.3 is 11.9 Å². The number of aryl methyl sites for hydroxylation is 2. The number of ketones is 1. The molecular formula is C25H20ClFN2O5S. The number of thiazole rings is 1. The predicted octanol–water partition coefficient (Wildman–Crippen LogP) is 5.36. The normalized spacial score (nSPS) is 17.2. The number of nitrogens with zero attached hydrogens (tertiary/aromatic N) is 2. The molecule has 1 aliphatic heterocycles. The van der Waals surface area contributed by atoms with Crippen LogP contribution in [-0.4, -0.2) is 34.4 Å². The highest BCUT2D eigenvalue weighted by Crippen LogP contribution is 2.44. The van der Waals surface area contributed by atoms with Crippen molar-refractivity contribution in [2.75, 3.05) is 11.5 Å². The van der Waals surface area contributed by atoms with Crippen LogP contribution in [0.15, 0.2) is 48.0 Å². The van der Waals surface area contributed by atoms with E-state index in [1.807, 2.05) is 0 Å². The van der Waals surface area contributed by atoms with E-state index in [-0.39, 0.29) is 27.8 Å². The van der Waals surface area contributed by atoms with Gasteiger partial charge < -0.3 is 9.84 Å². The molecule has 1 aliphatic rings. The summed E-state index contributed by atoms with van der Waals surface area (Å²) in [6, 6.07) is 9.34. The van der Waals surface area contributed by atoms with E-state index in [4.69, 9.17) is 16.3 Å². The van der Waals surface area contributed by atoms with Crippen molar-refractivity contribution in [1.82, 2.24) is 4.98 Å². The van der Waals surface area contributed by atoms with Crippen LogP contribution in [0.1, 0.15) is 45.0 Å². The third-order valence-corrected chi connectivity index (χ3v) is 6.92. The largest absolute Gasteiger partial charge is 0.507 e. The minimum Gasteiger partial charge on any atom is -0.507 e. The zero-order valence-electron chi connectivity index (χ0n) is 19.0. The minimum atomic E-state index is -1.09. The van der Waals surface area contributed by atoms with Gasteiger partial charge in [-0.3, -0.25) is 14.5 Å². The number of carbonyl (C=O) groups is 3. The van der Waals surface area contributed by atoms with E-state index >= 15 is 0 Å². The van der Waals surface area contributed by atoms with Crippen LogP contribution in [0, 0.1) is 19.7 Å². The zero-order valence-corrected chi connectivity index (χ0v) is 20.5. The molecular weight excluding hydrogens is 495 g/mol. The first-order valence-corrected chi connectivity index (χ1v) is 11.8. The molecule has 180 valence electrons. The number of benzene rings is 2. The van der Waals surface area contributed by atoms with Gasteiger partial charge in [0.15, 0.2) is 5.13 Å². The van der Waals surface area contributed by atoms with E-state index < -0.39 is 35.3 Å². The van der Waals surface area contributed by atoms with Crippen molar-refractivity contribution in [2.45, 2.75) is 26.8 Å². The summed E-state index contributed by atoms with van der Waals surface area (Å²) in [5.74, 6) is -3.59. The van der Waals surface area contributed by atoms with E-state index in [1.54, 1.807) is 45.0 Å². The van der Waals surface area contributed by atoms with Gasteiger partial charge in [-0.1, -0.05) is 47.2 Å². The summed E-state index contributed by atoms with van der Waals surface area (Å²) < 4.78 is 19.3. The molecule has 3 aromatic rings. The molecule has 1 N–H and O–H groups in total. The third-order valence-electron chi connectivity index (χ3n) is 5.53. The van der Waals surface area contributed by atoms with Crippen molar-refractivity contribution in [1.29, 1.82) is 0 Å². The molecule has 10 heteroatoms. The van der Waals surface area contributed by atoms with Crippen molar-refractivity contribution in [3.05, 3.63) is 86.1 Å². The Hall–Kier alpha value is -3.56. The van der Waals surface area contributed by atoms with Gasteiger partial charge in [0.2, 0.25) is 0 Å². The van der Waals surface area contributed by atoms with Crippen molar-refractivity contribution in [3.63, 3.8) is 0 Å². The fourth-order valence-electron chi connectivity index (χ4n) is 3.76. The Morgan fingerprint density at radius 1 is 1.20 bits per heavy atom. The standard InChI is InChI=1S/C25H20ClFN2O5S/c1-4-34-24(33)22-13(3)28-25(35-22)29-19(14-7-9-16(26)10-8-14)18(21(31)23(29)32)20(30)15-6-5-12(2)17(27)11-15/h5-11,19,30H,4H2,1-3H3/b20-18-. The average Bonchev–Trinajstić information content (AvgIpc) is 3.33. The van der Waals surface area contributed by atoms with E-state index in [0.717, 1.165) is 22.3 Å². The Labute approximate surface area is 209 Å². The Morgan fingerprint density at radius 3 is 2.51 bits per heavy atom. The molecule has 35 heavy (non-hydrogen) atoms. The fraction of sp³-hybridized carbons (Fsp3) is 0.200. The first kappa shape index (κ1) is 24.6. The highest BCUT2D eigenvalue weighted by Gasteiger charge is 2.48. The Kier molecular flexibility index (Phi) is 6.73. The summed E-state index contributed by atoms with van der Waals surface area (Å²) >= 11 is 6.94. The average molecular weight is 515 g/mol. The molecule has 1 atom stereocenters. The first-order valence-electron chi connectivity index (χ1n) is 10.6. The number of aliphatic hydroxyl groups is 1. The van der Waals surface area contributed by atoms with Gasteiger partial charge in [-0.25, -0.2) is 14.2 Å². The van der Waals surface area contributed by atoms with Crippen molar-refractivity contribution < 1.29 is 28.6 Å². The van der Waals surface area contributed by atoms with E-state index in [0.29, 0.717) is 21.8 Å². The minimum absolute atomic E-state index is 0.0487. The van der Waals surface area contributed by atoms with Crippen molar-refractivity contribution in [2.24, 2.45) is 0 Å². The lowest BCUT2D eigenvalue weighted by atomic mass is 9.95. The van der Waals surface area contributed by atoms with Crippen molar-refractivity contribution in [3.8, 4) is 0 Å². The highest BCUT2D eigenvalue weighted by atomic mass is 35.5. The van der Waals surface area contributed by atoms with Crippen LogP contribution in [-0.2, 0) is 14.3 Å². The first-order chi connectivity index (χ1) is 16.6. The maximum atomic E-state index is 14.2. The lowest BCUT2D eigenvalue weighted by molar-refractivity contribution is -0.132. The number of Topliss-reactive ketones (excluding diaryl/α,β-unsaturated/α-hetero) is 1. The van der Waals surface area contributed by atoms with Crippen molar-refractivity contribution >= 4 is 51.5 Å².